The van der Waals surface area contributed by atoms with Crippen molar-refractivity contribution in [3.63, 3.8) is 0 Å². The summed E-state index contributed by atoms with van der Waals surface area (Å²) in [5.41, 5.74) is 0.862. The number of halogens is 2. The molecule has 0 N–H and O–H groups in total. The van der Waals surface area contributed by atoms with Crippen LogP contribution in [0.1, 0.15) is 11.7 Å². The van der Waals surface area contributed by atoms with E-state index in [9.17, 15) is 4.79 Å². The molecule has 1 amide bonds. The van der Waals surface area contributed by atoms with E-state index in [1.165, 1.54) is 7.11 Å². The molecule has 1 aliphatic rings. The van der Waals surface area contributed by atoms with Gasteiger partial charge in [-0.1, -0.05) is 23.2 Å². The number of ether oxygens (including phenoxy) is 2. The summed E-state index contributed by atoms with van der Waals surface area (Å²) in [7, 11) is 1.36. The van der Waals surface area contributed by atoms with Gasteiger partial charge in [-0.3, -0.25) is 0 Å². The molecule has 0 saturated carbocycles. The monoisotopic (exact) mass is 289 g/mol. The third-order valence-electron chi connectivity index (χ3n) is 2.76. The highest BCUT2D eigenvalue weighted by Crippen LogP contribution is 2.28. The van der Waals surface area contributed by atoms with E-state index in [1.807, 2.05) is 0 Å². The van der Waals surface area contributed by atoms with Gasteiger partial charge in [0.15, 0.2) is 0 Å². The van der Waals surface area contributed by atoms with Crippen LogP contribution in [-0.2, 0) is 9.47 Å². The zero-order chi connectivity index (χ0) is 13.1. The molecule has 0 aromatic heterocycles. The fraction of sp³-hybridized carbons (Fsp3) is 0.417. The lowest BCUT2D eigenvalue weighted by Gasteiger charge is -2.32. The second-order valence-electron chi connectivity index (χ2n) is 3.98. The number of morpholine rings is 1. The molecule has 98 valence electrons. The maximum Gasteiger partial charge on any atom is 0.409 e. The number of benzene rings is 1. The smallest absolute Gasteiger partial charge is 0.409 e. The van der Waals surface area contributed by atoms with Crippen molar-refractivity contribution in [3.8, 4) is 0 Å². The normalized spacial score (nSPS) is 19.7. The van der Waals surface area contributed by atoms with Crippen LogP contribution in [0.4, 0.5) is 4.79 Å². The van der Waals surface area contributed by atoms with Crippen LogP contribution < -0.4 is 0 Å². The number of hydrogen-bond donors (Lipinski definition) is 0. The molecule has 2 rings (SSSR count). The first kappa shape index (κ1) is 13.5. The van der Waals surface area contributed by atoms with E-state index in [2.05, 4.69) is 0 Å². The Labute approximate surface area is 115 Å². The molecule has 0 radical (unpaired) electrons. The van der Waals surface area contributed by atoms with Crippen molar-refractivity contribution in [3.05, 3.63) is 33.8 Å². The average molecular weight is 290 g/mol. The van der Waals surface area contributed by atoms with Gasteiger partial charge in [-0.2, -0.15) is 0 Å². The molecule has 1 aromatic carbocycles. The highest BCUT2D eigenvalue weighted by atomic mass is 35.5. The molecule has 1 heterocycles. The van der Waals surface area contributed by atoms with Gasteiger partial charge in [-0.15, -0.1) is 0 Å². The molecule has 1 unspecified atom stereocenters. The number of carbonyl (C=O) groups is 1. The van der Waals surface area contributed by atoms with Gasteiger partial charge in [0.2, 0.25) is 0 Å². The van der Waals surface area contributed by atoms with Gasteiger partial charge in [0.1, 0.15) is 6.10 Å². The summed E-state index contributed by atoms with van der Waals surface area (Å²) in [5, 5.41) is 1.10. The number of carbonyl (C=O) groups excluding carboxylic acids is 1. The number of hydrogen-bond acceptors (Lipinski definition) is 3. The Morgan fingerprint density at radius 3 is 2.67 bits per heavy atom. The predicted molar refractivity (Wildman–Crippen MR) is 69.1 cm³/mol. The maximum absolute atomic E-state index is 11.5. The quantitative estimate of drug-likeness (QED) is 0.797. The molecular formula is C12H13Cl2NO3. The summed E-state index contributed by atoms with van der Waals surface area (Å²) in [4.78, 5) is 13.1. The fourth-order valence-corrected chi connectivity index (χ4v) is 2.45. The van der Waals surface area contributed by atoms with Crippen molar-refractivity contribution in [2.45, 2.75) is 6.10 Å². The first-order valence-electron chi connectivity index (χ1n) is 5.50. The maximum atomic E-state index is 11.5. The zero-order valence-electron chi connectivity index (χ0n) is 9.86. The van der Waals surface area contributed by atoms with E-state index in [1.54, 1.807) is 23.1 Å². The van der Waals surface area contributed by atoms with E-state index in [-0.39, 0.29) is 12.2 Å². The summed E-state index contributed by atoms with van der Waals surface area (Å²) >= 11 is 11.9. The summed E-state index contributed by atoms with van der Waals surface area (Å²) in [5.74, 6) is 0. The molecule has 0 bridgehead atoms. The molecule has 4 nitrogen and oxygen atoms in total. The first-order valence-corrected chi connectivity index (χ1v) is 6.26. The molecule has 6 heteroatoms. The van der Waals surface area contributed by atoms with Gasteiger partial charge in [-0.25, -0.2) is 4.79 Å². The largest absolute Gasteiger partial charge is 0.453 e. The predicted octanol–water partition coefficient (Wildman–Crippen LogP) is 3.13. The Kier molecular flexibility index (Phi) is 4.32. The van der Waals surface area contributed by atoms with Crippen LogP contribution in [0.25, 0.3) is 0 Å². The van der Waals surface area contributed by atoms with E-state index in [0.717, 1.165) is 5.56 Å². The number of methoxy groups -OCH3 is 1. The average Bonchev–Trinajstić information content (AvgIpc) is 2.37. The van der Waals surface area contributed by atoms with Crippen molar-refractivity contribution >= 4 is 29.3 Å². The highest BCUT2D eigenvalue weighted by Gasteiger charge is 2.26. The molecule has 0 spiro atoms. The van der Waals surface area contributed by atoms with Crippen LogP contribution in [0.15, 0.2) is 18.2 Å². The Morgan fingerprint density at radius 2 is 2.06 bits per heavy atom. The Balaban J connectivity index is 2.15. The van der Waals surface area contributed by atoms with E-state index >= 15 is 0 Å². The summed E-state index contributed by atoms with van der Waals surface area (Å²) in [6, 6.07) is 5.24. The minimum Gasteiger partial charge on any atom is -0.453 e. The minimum absolute atomic E-state index is 0.228. The topological polar surface area (TPSA) is 38.8 Å². The molecule has 0 aliphatic carbocycles. The van der Waals surface area contributed by atoms with Crippen molar-refractivity contribution in [2.75, 3.05) is 26.8 Å². The van der Waals surface area contributed by atoms with Gasteiger partial charge in [-0.05, 0) is 23.8 Å². The number of amides is 1. The Morgan fingerprint density at radius 1 is 1.39 bits per heavy atom. The Hall–Kier alpha value is -0.970. The van der Waals surface area contributed by atoms with Gasteiger partial charge in [0, 0.05) is 16.6 Å². The third kappa shape index (κ3) is 3.07. The fourth-order valence-electron chi connectivity index (χ4n) is 1.91. The van der Waals surface area contributed by atoms with Gasteiger partial charge in [0.25, 0.3) is 0 Å². The van der Waals surface area contributed by atoms with Crippen molar-refractivity contribution < 1.29 is 14.3 Å². The summed E-state index contributed by atoms with van der Waals surface area (Å²) in [6.07, 6.45) is -0.578. The first-order chi connectivity index (χ1) is 8.60. The van der Waals surface area contributed by atoms with Gasteiger partial charge in [0.05, 0.1) is 20.3 Å². The van der Waals surface area contributed by atoms with Gasteiger partial charge >= 0.3 is 6.09 Å². The molecule has 1 saturated heterocycles. The summed E-state index contributed by atoms with van der Waals surface area (Å²) in [6.45, 7) is 1.42. The molecule has 1 fully saturated rings. The minimum atomic E-state index is -0.351. The van der Waals surface area contributed by atoms with Crippen LogP contribution in [0.2, 0.25) is 10.0 Å². The van der Waals surface area contributed by atoms with Crippen LogP contribution in [-0.4, -0.2) is 37.8 Å². The van der Waals surface area contributed by atoms with Crippen molar-refractivity contribution in [1.29, 1.82) is 0 Å². The van der Waals surface area contributed by atoms with E-state index in [0.29, 0.717) is 29.7 Å². The lowest BCUT2D eigenvalue weighted by molar-refractivity contribution is -0.0258. The van der Waals surface area contributed by atoms with E-state index < -0.39 is 0 Å². The van der Waals surface area contributed by atoms with Crippen molar-refractivity contribution in [2.24, 2.45) is 0 Å². The molecule has 1 aliphatic heterocycles. The second kappa shape index (κ2) is 5.78. The molecular weight excluding hydrogens is 277 g/mol. The lowest BCUT2D eigenvalue weighted by Crippen LogP contribution is -2.42. The second-order valence-corrected chi connectivity index (χ2v) is 4.85. The molecule has 1 atom stereocenters. The van der Waals surface area contributed by atoms with Crippen LogP contribution in [0, 0.1) is 0 Å². The van der Waals surface area contributed by atoms with Gasteiger partial charge < -0.3 is 14.4 Å². The lowest BCUT2D eigenvalue weighted by atomic mass is 10.1. The number of nitrogens with zero attached hydrogens (tertiary/aromatic N) is 1. The van der Waals surface area contributed by atoms with E-state index in [4.69, 9.17) is 32.7 Å². The van der Waals surface area contributed by atoms with Crippen LogP contribution >= 0.6 is 23.2 Å². The number of rotatable bonds is 1. The van der Waals surface area contributed by atoms with Crippen LogP contribution in [0.5, 0.6) is 0 Å². The van der Waals surface area contributed by atoms with Crippen LogP contribution in [0.3, 0.4) is 0 Å². The zero-order valence-corrected chi connectivity index (χ0v) is 11.4. The summed E-state index contributed by atoms with van der Waals surface area (Å²) < 4.78 is 10.3. The Bertz CT molecular complexity index is 433. The third-order valence-corrected chi connectivity index (χ3v) is 3.19. The standard InChI is InChI=1S/C12H13Cl2NO3/c1-17-12(16)15-2-3-18-11(7-15)8-4-9(13)6-10(14)5-8/h4-6,11H,2-3,7H2,1H3. The SMILES string of the molecule is COC(=O)N1CCOC(c2cc(Cl)cc(Cl)c2)C1. The molecule has 18 heavy (non-hydrogen) atoms. The van der Waals surface area contributed by atoms with Crippen molar-refractivity contribution in [1.82, 2.24) is 4.90 Å². The molecule has 1 aromatic rings. The highest BCUT2D eigenvalue weighted by molar-refractivity contribution is 6.34.